The summed E-state index contributed by atoms with van der Waals surface area (Å²) in [7, 11) is 0. The number of ether oxygens (including phenoxy) is 6. The third kappa shape index (κ3) is 9.37. The van der Waals surface area contributed by atoms with Crippen LogP contribution in [-0.4, -0.2) is 12.1 Å². The second kappa shape index (κ2) is 17.3. The number of rotatable bonds is 15. The SMILES string of the molecule is CCC(=O)O[C@H]1[13CH2]c2c(OCc3ccccc3)cc(OCc3ccccc3)cc2O[13C@@H]1c1ccc(OCc2ccccc2)c(OCc2ccccc2)c1. The standard InChI is InChI=1S/C46H42O7/c1-2-45(47)52-44-28-39-41(50-31-35-19-11-5-12-20-35)26-38(48-29-33-15-7-3-8-16-33)27-42(39)53-46(44)37-23-24-40(49-30-34-17-9-4-10-18-34)43(25-37)51-32-36-21-13-6-14-22-36/h3-27,44,46H,2,28-32H2,1H3/t44-,46+/m0/s1/i28+1,46+1. The number of fused-ring (bicyclic) bond motifs is 1. The topological polar surface area (TPSA) is 72.5 Å². The van der Waals surface area contributed by atoms with Crippen LogP contribution in [-0.2, 0) is 42.4 Å². The molecule has 0 radical (unpaired) electrons. The van der Waals surface area contributed by atoms with Crippen molar-refractivity contribution in [1.82, 2.24) is 0 Å². The van der Waals surface area contributed by atoms with Gasteiger partial charge in [-0.3, -0.25) is 4.79 Å². The largest absolute Gasteiger partial charge is 0.489 e. The number of carbonyl (C=O) groups is 1. The highest BCUT2D eigenvalue weighted by Crippen LogP contribution is 2.45. The summed E-state index contributed by atoms with van der Waals surface area (Å²) in [5, 5.41) is 0. The molecule has 7 nitrogen and oxygen atoms in total. The van der Waals surface area contributed by atoms with Crippen LogP contribution >= 0.6 is 0 Å². The summed E-state index contributed by atoms with van der Waals surface area (Å²) in [5.41, 5.74) is 5.72. The van der Waals surface area contributed by atoms with Crippen molar-refractivity contribution in [3.8, 4) is 28.7 Å². The molecule has 2 atom stereocenters. The van der Waals surface area contributed by atoms with Gasteiger partial charge in [-0.05, 0) is 34.4 Å². The van der Waals surface area contributed by atoms with Crippen molar-refractivity contribution in [2.24, 2.45) is 0 Å². The van der Waals surface area contributed by atoms with E-state index < -0.39 is 12.2 Å². The number of benzene rings is 6. The van der Waals surface area contributed by atoms with Crippen LogP contribution in [0.2, 0.25) is 0 Å². The minimum atomic E-state index is -0.647. The molecule has 1 aliphatic rings. The van der Waals surface area contributed by atoms with E-state index in [4.69, 9.17) is 28.4 Å². The fourth-order valence-electron chi connectivity index (χ4n) is 6.15. The van der Waals surface area contributed by atoms with E-state index in [-0.39, 0.29) is 12.4 Å². The maximum absolute atomic E-state index is 12.9. The van der Waals surface area contributed by atoms with Crippen LogP contribution in [0.3, 0.4) is 0 Å². The quantitative estimate of drug-likeness (QED) is 0.0777. The lowest BCUT2D eigenvalue weighted by atomic mass is 10.1. The van der Waals surface area contributed by atoms with E-state index in [9.17, 15) is 4.79 Å². The summed E-state index contributed by atoms with van der Waals surface area (Å²) in [6.45, 7) is 3.24. The van der Waals surface area contributed by atoms with Crippen LogP contribution < -0.4 is 23.7 Å². The lowest BCUT2D eigenvalue weighted by Crippen LogP contribution is -2.35. The zero-order valence-corrected chi connectivity index (χ0v) is 29.7. The molecule has 1 heterocycles. The predicted molar refractivity (Wildman–Crippen MR) is 203 cm³/mol. The van der Waals surface area contributed by atoms with Gasteiger partial charge in [0.25, 0.3) is 0 Å². The molecule has 0 saturated heterocycles. The fourth-order valence-corrected chi connectivity index (χ4v) is 6.15. The molecule has 7 heteroatoms. The van der Waals surface area contributed by atoms with Gasteiger partial charge in [0.15, 0.2) is 17.6 Å². The van der Waals surface area contributed by atoms with Gasteiger partial charge in [-0.1, -0.05) is 134 Å². The summed E-state index contributed by atoms with van der Waals surface area (Å²) >= 11 is 0. The lowest BCUT2D eigenvalue weighted by Gasteiger charge is -2.35. The Balaban J connectivity index is 1.22. The molecule has 6 aromatic carbocycles. The Hall–Kier alpha value is -6.21. The molecule has 0 amide bonds. The Labute approximate surface area is 310 Å². The van der Waals surface area contributed by atoms with E-state index in [0.717, 1.165) is 33.4 Å². The van der Waals surface area contributed by atoms with Crippen molar-refractivity contribution in [2.45, 2.75) is 58.4 Å². The molecule has 0 aromatic heterocycles. The molecule has 53 heavy (non-hydrogen) atoms. The van der Waals surface area contributed by atoms with Crippen LogP contribution in [0.5, 0.6) is 28.7 Å². The molecule has 0 aliphatic carbocycles. The summed E-state index contributed by atoms with van der Waals surface area (Å²) in [4.78, 5) is 12.9. The first-order valence-corrected chi connectivity index (χ1v) is 17.9. The molecule has 0 bridgehead atoms. The minimum absolute atomic E-state index is 0.234. The maximum Gasteiger partial charge on any atom is 0.305 e. The van der Waals surface area contributed by atoms with Gasteiger partial charge < -0.3 is 28.4 Å². The van der Waals surface area contributed by atoms with Gasteiger partial charge in [-0.15, -0.1) is 0 Å². The molecule has 0 N–H and O–H groups in total. The summed E-state index contributed by atoms with van der Waals surface area (Å²) < 4.78 is 38.3. The van der Waals surface area contributed by atoms with E-state index in [2.05, 4.69) is 0 Å². The van der Waals surface area contributed by atoms with Crippen molar-refractivity contribution in [3.05, 3.63) is 185 Å². The molecule has 0 unspecified atom stereocenters. The van der Waals surface area contributed by atoms with Crippen molar-refractivity contribution in [2.75, 3.05) is 0 Å². The van der Waals surface area contributed by atoms with Crippen molar-refractivity contribution in [3.63, 3.8) is 0 Å². The van der Waals surface area contributed by atoms with Gasteiger partial charge in [0.05, 0.1) is 0 Å². The van der Waals surface area contributed by atoms with E-state index in [0.29, 0.717) is 61.6 Å². The molecule has 0 fully saturated rings. The predicted octanol–water partition coefficient (Wildman–Crippen LogP) is 10.0. The van der Waals surface area contributed by atoms with Crippen molar-refractivity contribution in [1.29, 1.82) is 0 Å². The number of hydrogen-bond donors (Lipinski definition) is 0. The van der Waals surface area contributed by atoms with Crippen molar-refractivity contribution >= 4 is 5.97 Å². The van der Waals surface area contributed by atoms with E-state index >= 15 is 0 Å². The normalized spacial score (nSPS) is 14.7. The Morgan fingerprint density at radius 1 is 0.566 bits per heavy atom. The highest BCUT2D eigenvalue weighted by Gasteiger charge is 2.37. The minimum Gasteiger partial charge on any atom is -0.489 e. The van der Waals surface area contributed by atoms with E-state index in [1.165, 1.54) is 0 Å². The van der Waals surface area contributed by atoms with Crippen LogP contribution in [0.4, 0.5) is 0 Å². The van der Waals surface area contributed by atoms with E-state index in [1.807, 2.05) is 152 Å². The number of esters is 1. The second-order valence-corrected chi connectivity index (χ2v) is 12.8. The Morgan fingerprint density at radius 2 is 1.06 bits per heavy atom. The smallest absolute Gasteiger partial charge is 0.305 e. The van der Waals surface area contributed by atoms with Crippen LogP contribution in [0, 0.1) is 0 Å². The summed E-state index contributed by atoms with van der Waals surface area (Å²) in [6.07, 6.45) is -0.673. The zero-order chi connectivity index (χ0) is 36.2. The lowest BCUT2D eigenvalue weighted by molar-refractivity contribution is -0.154. The molecule has 7 rings (SSSR count). The number of carbonyl (C=O) groups excluding carboxylic acids is 1. The molecule has 1 aliphatic heterocycles. The molecular formula is C46H42O7. The maximum atomic E-state index is 12.9. The third-order valence-corrected chi connectivity index (χ3v) is 8.97. The number of hydrogen-bond acceptors (Lipinski definition) is 7. The Kier molecular flexibility index (Phi) is 11.5. The van der Waals surface area contributed by atoms with Crippen LogP contribution in [0.15, 0.2) is 152 Å². The molecule has 0 spiro atoms. The molecule has 268 valence electrons. The summed E-state index contributed by atoms with van der Waals surface area (Å²) in [6, 6.07) is 49.5. The van der Waals surface area contributed by atoms with Crippen LogP contribution in [0.25, 0.3) is 0 Å². The van der Waals surface area contributed by atoms with Gasteiger partial charge in [0, 0.05) is 36.1 Å². The monoisotopic (exact) mass is 708 g/mol. The third-order valence-electron chi connectivity index (χ3n) is 8.97. The molecule has 6 aromatic rings. The first-order valence-electron chi connectivity index (χ1n) is 17.9. The van der Waals surface area contributed by atoms with Gasteiger partial charge in [-0.25, -0.2) is 0 Å². The Morgan fingerprint density at radius 3 is 1.58 bits per heavy atom. The van der Waals surface area contributed by atoms with Gasteiger partial charge in [0.1, 0.15) is 49.8 Å². The van der Waals surface area contributed by atoms with Crippen LogP contribution in [0.1, 0.15) is 52.8 Å². The highest BCUT2D eigenvalue weighted by molar-refractivity contribution is 5.69. The Bertz CT molecular complexity index is 2070. The van der Waals surface area contributed by atoms with E-state index in [1.54, 1.807) is 6.92 Å². The van der Waals surface area contributed by atoms with Gasteiger partial charge in [0.2, 0.25) is 0 Å². The zero-order valence-electron chi connectivity index (χ0n) is 29.7. The summed E-state index contributed by atoms with van der Waals surface area (Å²) in [5.74, 6) is 2.66. The van der Waals surface area contributed by atoms with Crippen molar-refractivity contribution < 1.29 is 33.2 Å². The fraction of sp³-hybridized carbons (Fsp3) is 0.196. The molecule has 0 saturated carbocycles. The first-order chi connectivity index (χ1) is 26.1. The van der Waals surface area contributed by atoms with Gasteiger partial charge >= 0.3 is 5.97 Å². The second-order valence-electron chi connectivity index (χ2n) is 12.8. The van der Waals surface area contributed by atoms with Gasteiger partial charge in [-0.2, -0.15) is 0 Å². The average molecular weight is 709 g/mol. The first kappa shape index (κ1) is 35.2. The average Bonchev–Trinajstić information content (AvgIpc) is 3.22. The highest BCUT2D eigenvalue weighted by atomic mass is 16.6. The molecular weight excluding hydrogens is 666 g/mol.